The third-order valence-electron chi connectivity index (χ3n) is 17.9. The Kier molecular flexibility index (Phi) is 25.3. The minimum Gasteiger partial charge on any atom is -0.444 e. The molecule has 6 N–H and O–H groups in total. The molecule has 3 saturated carbocycles. The molecule has 6 aliphatic rings. The van der Waals surface area contributed by atoms with E-state index in [0.29, 0.717) is 58.7 Å². The largest absolute Gasteiger partial charge is 0.444 e. The van der Waals surface area contributed by atoms with Gasteiger partial charge in [0.1, 0.15) is 11.2 Å². The van der Waals surface area contributed by atoms with Gasteiger partial charge in [0.25, 0.3) is 0 Å². The number of alkyl carbamates (subject to hydrolysis) is 2. The number of benzene rings is 3. The zero-order valence-electron chi connectivity index (χ0n) is 54.7. The van der Waals surface area contributed by atoms with Crippen LogP contribution < -0.4 is 37.2 Å². The number of fused-ring (bicyclic) bond motifs is 3. The van der Waals surface area contributed by atoms with Crippen molar-refractivity contribution in [1.82, 2.24) is 59.1 Å². The lowest BCUT2D eigenvalue weighted by atomic mass is 9.65. The lowest BCUT2D eigenvalue weighted by Gasteiger charge is -2.45. The first-order valence-corrected chi connectivity index (χ1v) is 36.6. The van der Waals surface area contributed by atoms with Crippen molar-refractivity contribution >= 4 is 146 Å². The number of imidazole rings is 3. The van der Waals surface area contributed by atoms with E-state index in [4.69, 9.17) is 106 Å². The number of amides is 2. The van der Waals surface area contributed by atoms with Crippen molar-refractivity contribution in [3.63, 3.8) is 0 Å². The molecule has 3 saturated heterocycles. The average Bonchev–Trinajstić information content (AvgIpc) is 1.60. The number of carbonyl (C=O) groups is 2. The molecule has 3 spiro atoms. The number of anilines is 2. The number of aromatic nitrogens is 9. The van der Waals surface area contributed by atoms with Crippen LogP contribution >= 0.6 is 105 Å². The molecule has 6 aromatic heterocycles. The highest BCUT2D eigenvalue weighted by Gasteiger charge is 2.51. The molecule has 0 bridgehead atoms. The summed E-state index contributed by atoms with van der Waals surface area (Å²) >= 11 is 41.6. The van der Waals surface area contributed by atoms with E-state index in [1.54, 1.807) is 43.0 Å². The van der Waals surface area contributed by atoms with Crippen molar-refractivity contribution < 1.29 is 19.1 Å². The van der Waals surface area contributed by atoms with Gasteiger partial charge < -0.3 is 45.9 Å². The summed E-state index contributed by atoms with van der Waals surface area (Å²) in [6, 6.07) is 17.5. The summed E-state index contributed by atoms with van der Waals surface area (Å²) in [7, 11) is 0. The lowest BCUT2D eigenvalue weighted by molar-refractivity contribution is 0.0352. The van der Waals surface area contributed by atoms with E-state index >= 15 is 0 Å². The number of ether oxygens (including phenoxy) is 2. The summed E-state index contributed by atoms with van der Waals surface area (Å²) in [4.78, 5) is 70.6. The first-order chi connectivity index (χ1) is 46.7. The van der Waals surface area contributed by atoms with Crippen LogP contribution in [0.25, 0.3) is 16.9 Å². The Hall–Kier alpha value is -6.41. The van der Waals surface area contributed by atoms with Crippen molar-refractivity contribution in [1.29, 1.82) is 10.8 Å². The van der Waals surface area contributed by atoms with Crippen molar-refractivity contribution in [2.75, 3.05) is 49.1 Å². The average molecular weight is 1540 g/mol. The zero-order valence-corrected chi connectivity index (χ0v) is 61.7. The molecular weight excluding hydrogens is 1460 g/mol. The third-order valence-corrected chi connectivity index (χ3v) is 23.9. The van der Waals surface area contributed by atoms with Crippen LogP contribution in [0.1, 0.15) is 114 Å². The van der Waals surface area contributed by atoms with Crippen LogP contribution in [0.2, 0.25) is 30.1 Å². The molecule has 9 aromatic rings. The molecular formula is C69H83Cl6N17O5S3. The third kappa shape index (κ3) is 18.1. The molecule has 0 radical (unpaired) electrons. The number of hydrogen-bond acceptors (Lipinski definition) is 19. The van der Waals surface area contributed by atoms with Crippen molar-refractivity contribution in [2.45, 2.75) is 173 Å². The van der Waals surface area contributed by atoms with Crippen LogP contribution in [0, 0.1) is 27.0 Å². The number of hydrogen-bond donors (Lipinski definition) is 5. The van der Waals surface area contributed by atoms with E-state index in [1.807, 2.05) is 113 Å². The number of nitrogens with one attached hydrogen (secondary N) is 4. The van der Waals surface area contributed by atoms with Gasteiger partial charge in [0.15, 0.2) is 16.9 Å². The second kappa shape index (κ2) is 32.5. The minimum absolute atomic E-state index is 0. The molecule has 100 heavy (non-hydrogen) atoms. The number of aromatic amines is 1. The topological polar surface area (TPSA) is 279 Å². The maximum Gasteiger partial charge on any atom is 0.407 e. The fourth-order valence-corrected chi connectivity index (χ4v) is 17.8. The summed E-state index contributed by atoms with van der Waals surface area (Å²) < 4.78 is 16.2. The van der Waals surface area contributed by atoms with E-state index in [1.165, 1.54) is 52.5 Å². The molecule has 3 aliphatic heterocycles. The molecule has 3 aliphatic carbocycles. The maximum atomic E-state index is 12.1. The molecule has 6 fully saturated rings. The van der Waals surface area contributed by atoms with Gasteiger partial charge in [-0.25, -0.2) is 39.3 Å². The molecule has 31 heteroatoms. The number of nitrogens with zero attached hydrogens (tertiary/aromatic N) is 12. The number of H-pyrrole nitrogens is 1. The number of nitrogens with two attached hydrogens (primary N) is 1. The van der Waals surface area contributed by atoms with Crippen molar-refractivity contribution in [2.24, 2.45) is 22.0 Å². The SMILES string of the molecule is C.C.CC(C)(C)OC(=O)NC1CC2(CCN(c3ncc(Sc4cccc(Cl)c4Cl)c4nccn34)C2)C1.CC(C)(C)OC(=O)NC1CC2(CCNC2)C1.N#N.NC1CC2(CCN(c3ncc(Sc4cccc(Cl)c4Cl)c4nccn34)C2)C1.O=c1[nH]cc(Sc2cccc(Cl)c2Cl)c2nccn12. The van der Waals surface area contributed by atoms with E-state index in [2.05, 4.69) is 50.1 Å². The van der Waals surface area contributed by atoms with E-state index in [0.717, 1.165) is 137 Å². The van der Waals surface area contributed by atoms with E-state index in [-0.39, 0.29) is 44.2 Å². The lowest BCUT2D eigenvalue weighted by Crippen LogP contribution is -2.52. The number of halogens is 6. The summed E-state index contributed by atoms with van der Waals surface area (Å²) in [5, 5.41) is 24.5. The van der Waals surface area contributed by atoms with Gasteiger partial charge in [0.2, 0.25) is 11.9 Å². The Morgan fingerprint density at radius 1 is 0.560 bits per heavy atom. The summed E-state index contributed by atoms with van der Waals surface area (Å²) in [6.07, 6.45) is 25.3. The number of rotatable bonds is 10. The first-order valence-electron chi connectivity index (χ1n) is 31.9. The minimum atomic E-state index is -0.486. The van der Waals surface area contributed by atoms with Gasteiger partial charge in [-0.15, -0.1) is 0 Å². The smallest absolute Gasteiger partial charge is 0.407 e. The van der Waals surface area contributed by atoms with Crippen LogP contribution in [0.4, 0.5) is 21.5 Å². The molecule has 0 atom stereocenters. The Morgan fingerprint density at radius 3 is 1.35 bits per heavy atom. The monoisotopic (exact) mass is 1540 g/mol. The van der Waals surface area contributed by atoms with Gasteiger partial charge in [0, 0.05) is 132 Å². The quantitative estimate of drug-likeness (QED) is 0.0796. The second-order valence-electron chi connectivity index (χ2n) is 27.6. The maximum absolute atomic E-state index is 12.1. The highest BCUT2D eigenvalue weighted by molar-refractivity contribution is 8.00. The molecule has 534 valence electrons. The van der Waals surface area contributed by atoms with Gasteiger partial charge in [-0.2, -0.15) is 0 Å². The van der Waals surface area contributed by atoms with Crippen LogP contribution in [0.3, 0.4) is 0 Å². The van der Waals surface area contributed by atoms with Crippen molar-refractivity contribution in [3.8, 4) is 0 Å². The van der Waals surface area contributed by atoms with Gasteiger partial charge in [-0.1, -0.05) is 138 Å². The Bertz CT molecular complexity index is 4440. The normalized spacial score (nSPS) is 21.7. The summed E-state index contributed by atoms with van der Waals surface area (Å²) in [5.74, 6) is 1.83. The van der Waals surface area contributed by atoms with Crippen LogP contribution in [0.5, 0.6) is 0 Å². The Morgan fingerprint density at radius 2 is 0.950 bits per heavy atom. The first kappa shape index (κ1) is 77.7. The fourth-order valence-electron chi connectivity index (χ4n) is 13.6. The second-order valence-corrected chi connectivity index (χ2v) is 33.2. The zero-order chi connectivity index (χ0) is 69.9. The van der Waals surface area contributed by atoms with Crippen LogP contribution in [0.15, 0.2) is 145 Å². The molecule has 3 aromatic carbocycles. The van der Waals surface area contributed by atoms with Gasteiger partial charge in [-0.3, -0.25) is 13.2 Å². The van der Waals surface area contributed by atoms with Crippen LogP contribution in [-0.4, -0.2) is 124 Å². The standard InChI is InChI=1S/C24H27Cl2N5O2S.C19H19Cl2N5S.C12H7Cl2N3OS.C12H22N2O2.2CH4.N2/c1-23(2,3)33-22(32)29-15-11-24(12-15)7-9-30(14-24)21-28-13-18(20-27-8-10-31(20)21)34-17-6-4-5-16(25)19(17)26;20-13-2-1-3-14(16(13)21)27-15-10-24-18(26-7-5-23-17(15)26)25-6-4-19(11-25)8-12(22)9-19;13-7-2-1-3-8(10(7)14)19-9-6-16-12(18)17-5-4-15-11(9)17;1-11(2,3)16-10(15)14-9-6-12(7-9)4-5-13-8-12;;;1-2/h4-6,8,10,13,15H,7,9,11-12,14H2,1-3H3,(H,29,32);1-3,5,7,10,12H,4,6,8-9,11,22H2;1-6H,(H,16,18);9,13H,4-8H2,1-3H3,(H,14,15);2*1H4;. The Labute approximate surface area is 625 Å². The molecule has 2 amide bonds. The predicted molar refractivity (Wildman–Crippen MR) is 401 cm³/mol. The van der Waals surface area contributed by atoms with Gasteiger partial charge >= 0.3 is 17.9 Å². The summed E-state index contributed by atoms with van der Waals surface area (Å²) in [5.41, 5.74) is 8.29. The predicted octanol–water partition coefficient (Wildman–Crippen LogP) is 17.0. The van der Waals surface area contributed by atoms with Crippen molar-refractivity contribution in [3.05, 3.63) is 151 Å². The fraction of sp³-hybridized carbons (Fsp3) is 0.449. The van der Waals surface area contributed by atoms with Crippen LogP contribution in [-0.2, 0) is 9.47 Å². The molecule has 9 heterocycles. The Balaban J connectivity index is 0.000000159. The molecule has 22 nitrogen and oxygen atoms in total. The molecule has 15 rings (SSSR count). The highest BCUT2D eigenvalue weighted by atomic mass is 35.5. The van der Waals surface area contributed by atoms with E-state index < -0.39 is 11.2 Å². The number of carbonyl (C=O) groups excluding carboxylic acids is 2. The highest BCUT2D eigenvalue weighted by Crippen LogP contribution is 2.51. The van der Waals surface area contributed by atoms with E-state index in [9.17, 15) is 14.4 Å². The molecule has 0 unspecified atom stereocenters. The van der Waals surface area contributed by atoms with Gasteiger partial charge in [0.05, 0.1) is 44.8 Å². The van der Waals surface area contributed by atoms with Gasteiger partial charge in [-0.05, 0) is 159 Å². The summed E-state index contributed by atoms with van der Waals surface area (Å²) in [6.45, 7) is 17.4.